The molecule has 0 aromatic heterocycles. The minimum Gasteiger partial charge on any atom is -0.392 e. The van der Waals surface area contributed by atoms with Crippen LogP contribution in [0, 0.1) is 0 Å². The maximum atomic E-state index is 12.0. The number of rotatable bonds is 7. The Kier molecular flexibility index (Phi) is 7.49. The summed E-state index contributed by atoms with van der Waals surface area (Å²) < 4.78 is 0. The molecule has 1 heterocycles. The van der Waals surface area contributed by atoms with Gasteiger partial charge in [0, 0.05) is 45.3 Å². The van der Waals surface area contributed by atoms with Gasteiger partial charge in [-0.05, 0) is 31.5 Å². The molecular weight excluding hydrogens is 304 g/mol. The number of amides is 2. The molecule has 1 aromatic carbocycles. The van der Waals surface area contributed by atoms with Gasteiger partial charge in [-0.15, -0.1) is 0 Å². The summed E-state index contributed by atoms with van der Waals surface area (Å²) in [6.07, 6.45) is 0.784. The van der Waals surface area contributed by atoms with Gasteiger partial charge in [0.05, 0.1) is 6.61 Å². The van der Waals surface area contributed by atoms with Gasteiger partial charge in [-0.25, -0.2) is 4.79 Å². The van der Waals surface area contributed by atoms with E-state index in [9.17, 15) is 4.79 Å². The first kappa shape index (κ1) is 18.7. The smallest absolute Gasteiger partial charge is 0.315 e. The Bertz CT molecular complexity index is 498. The molecule has 1 unspecified atom stereocenters. The van der Waals surface area contributed by atoms with Crippen molar-refractivity contribution in [3.8, 4) is 0 Å². The first-order valence-corrected chi connectivity index (χ1v) is 8.71. The van der Waals surface area contributed by atoms with Gasteiger partial charge in [-0.1, -0.05) is 24.3 Å². The van der Waals surface area contributed by atoms with Gasteiger partial charge < -0.3 is 20.6 Å². The first-order valence-electron chi connectivity index (χ1n) is 8.71. The fourth-order valence-corrected chi connectivity index (χ4v) is 2.87. The summed E-state index contributed by atoms with van der Waals surface area (Å²) >= 11 is 0. The van der Waals surface area contributed by atoms with Gasteiger partial charge in [0.15, 0.2) is 0 Å². The number of carbonyl (C=O) groups is 1. The van der Waals surface area contributed by atoms with E-state index in [0.717, 1.165) is 50.3 Å². The Morgan fingerprint density at radius 3 is 2.42 bits per heavy atom. The van der Waals surface area contributed by atoms with Gasteiger partial charge in [-0.2, -0.15) is 0 Å². The van der Waals surface area contributed by atoms with Crippen LogP contribution in [0.2, 0.25) is 0 Å². The van der Waals surface area contributed by atoms with E-state index in [2.05, 4.69) is 27.5 Å². The Morgan fingerprint density at radius 1 is 1.17 bits per heavy atom. The molecule has 0 bridgehead atoms. The lowest BCUT2D eigenvalue weighted by Gasteiger charge is -2.34. The van der Waals surface area contributed by atoms with E-state index >= 15 is 0 Å². The number of aliphatic hydroxyl groups excluding tert-OH is 1. The maximum Gasteiger partial charge on any atom is 0.315 e. The largest absolute Gasteiger partial charge is 0.392 e. The van der Waals surface area contributed by atoms with Crippen LogP contribution in [-0.4, -0.2) is 73.3 Å². The molecule has 2 amide bonds. The lowest BCUT2D eigenvalue weighted by Crippen LogP contribution is -2.51. The van der Waals surface area contributed by atoms with Crippen LogP contribution < -0.4 is 10.6 Å². The number of carbonyl (C=O) groups excluding carboxylic acids is 1. The molecule has 1 aromatic rings. The quantitative estimate of drug-likeness (QED) is 0.685. The predicted molar refractivity (Wildman–Crippen MR) is 96.0 cm³/mol. The van der Waals surface area contributed by atoms with Crippen molar-refractivity contribution in [2.75, 3.05) is 46.3 Å². The Balaban J connectivity index is 1.61. The molecule has 134 valence electrons. The zero-order valence-electron chi connectivity index (χ0n) is 14.8. The molecule has 3 N–H and O–H groups in total. The number of benzene rings is 1. The minimum absolute atomic E-state index is 0.0616. The summed E-state index contributed by atoms with van der Waals surface area (Å²) in [5.41, 5.74) is 2.06. The lowest BCUT2D eigenvalue weighted by atomic mass is 10.1. The fourth-order valence-electron chi connectivity index (χ4n) is 2.87. The molecule has 2 rings (SSSR count). The second kappa shape index (κ2) is 9.61. The highest BCUT2D eigenvalue weighted by Crippen LogP contribution is 2.04. The second-order valence-corrected chi connectivity index (χ2v) is 6.63. The standard InChI is InChI=1S/C18H30N4O2/c1-15(13-22-11-9-21(2)10-12-22)20-18(24)19-8-7-16-3-5-17(14-23)6-4-16/h3-6,15,23H,7-14H2,1-2H3,(H2,19,20,24). The summed E-state index contributed by atoms with van der Waals surface area (Å²) in [5.74, 6) is 0. The van der Waals surface area contributed by atoms with E-state index in [4.69, 9.17) is 5.11 Å². The van der Waals surface area contributed by atoms with Crippen molar-refractivity contribution in [3.05, 3.63) is 35.4 Å². The van der Waals surface area contributed by atoms with Crippen molar-refractivity contribution in [3.63, 3.8) is 0 Å². The van der Waals surface area contributed by atoms with Crippen LogP contribution in [0.5, 0.6) is 0 Å². The molecule has 6 nitrogen and oxygen atoms in total. The highest BCUT2D eigenvalue weighted by molar-refractivity contribution is 5.74. The van der Waals surface area contributed by atoms with Crippen LogP contribution in [0.25, 0.3) is 0 Å². The molecule has 0 spiro atoms. The van der Waals surface area contributed by atoms with Crippen molar-refractivity contribution in [1.82, 2.24) is 20.4 Å². The first-order chi connectivity index (χ1) is 11.6. The number of nitrogens with zero attached hydrogens (tertiary/aromatic N) is 2. The highest BCUT2D eigenvalue weighted by atomic mass is 16.3. The Hall–Kier alpha value is -1.63. The third kappa shape index (κ3) is 6.47. The molecule has 1 saturated heterocycles. The number of nitrogens with one attached hydrogen (secondary N) is 2. The van der Waals surface area contributed by atoms with Crippen LogP contribution in [0.15, 0.2) is 24.3 Å². The molecule has 1 fully saturated rings. The van der Waals surface area contributed by atoms with E-state index in [0.29, 0.717) is 6.54 Å². The third-order valence-corrected chi connectivity index (χ3v) is 4.41. The van der Waals surface area contributed by atoms with E-state index < -0.39 is 0 Å². The summed E-state index contributed by atoms with van der Waals surface area (Å²) in [6, 6.07) is 7.82. The van der Waals surface area contributed by atoms with Crippen LogP contribution in [0.4, 0.5) is 4.79 Å². The van der Waals surface area contributed by atoms with E-state index in [1.165, 1.54) is 0 Å². The third-order valence-electron chi connectivity index (χ3n) is 4.41. The monoisotopic (exact) mass is 334 g/mol. The number of urea groups is 1. The van der Waals surface area contributed by atoms with Crippen LogP contribution >= 0.6 is 0 Å². The van der Waals surface area contributed by atoms with Crippen molar-refractivity contribution in [1.29, 1.82) is 0 Å². The number of hydrogen-bond acceptors (Lipinski definition) is 4. The topological polar surface area (TPSA) is 67.8 Å². The molecule has 0 saturated carbocycles. The van der Waals surface area contributed by atoms with Gasteiger partial charge in [0.2, 0.25) is 0 Å². The molecule has 6 heteroatoms. The van der Waals surface area contributed by atoms with Crippen LogP contribution in [0.1, 0.15) is 18.1 Å². The Labute approximate surface area is 144 Å². The van der Waals surface area contributed by atoms with E-state index in [1.54, 1.807) is 0 Å². The normalized spacial score (nSPS) is 17.5. The lowest BCUT2D eigenvalue weighted by molar-refractivity contribution is 0.144. The molecule has 0 aliphatic carbocycles. The van der Waals surface area contributed by atoms with E-state index in [-0.39, 0.29) is 18.7 Å². The van der Waals surface area contributed by atoms with Gasteiger partial charge >= 0.3 is 6.03 Å². The fraction of sp³-hybridized carbons (Fsp3) is 0.611. The molecule has 0 radical (unpaired) electrons. The summed E-state index contributed by atoms with van der Waals surface area (Å²) in [6.45, 7) is 7.91. The highest BCUT2D eigenvalue weighted by Gasteiger charge is 2.16. The average Bonchev–Trinajstić information content (AvgIpc) is 2.57. The number of piperazine rings is 1. The van der Waals surface area contributed by atoms with Crippen molar-refractivity contribution < 1.29 is 9.90 Å². The SMILES string of the molecule is CC(CN1CCN(C)CC1)NC(=O)NCCc1ccc(CO)cc1. The molecular formula is C18H30N4O2. The Morgan fingerprint density at radius 2 is 1.79 bits per heavy atom. The molecule has 1 aliphatic rings. The summed E-state index contributed by atoms with van der Waals surface area (Å²) in [7, 11) is 2.14. The van der Waals surface area contributed by atoms with Gasteiger partial charge in [-0.3, -0.25) is 4.90 Å². The summed E-state index contributed by atoms with van der Waals surface area (Å²) in [4.78, 5) is 16.7. The summed E-state index contributed by atoms with van der Waals surface area (Å²) in [5, 5.41) is 14.9. The van der Waals surface area contributed by atoms with Crippen LogP contribution in [-0.2, 0) is 13.0 Å². The average molecular weight is 334 g/mol. The van der Waals surface area contributed by atoms with Crippen molar-refractivity contribution >= 4 is 6.03 Å². The molecule has 1 aliphatic heterocycles. The zero-order chi connectivity index (χ0) is 17.4. The van der Waals surface area contributed by atoms with Crippen molar-refractivity contribution in [2.24, 2.45) is 0 Å². The minimum atomic E-state index is -0.108. The maximum absolute atomic E-state index is 12.0. The van der Waals surface area contributed by atoms with Gasteiger partial charge in [0.1, 0.15) is 0 Å². The predicted octanol–water partition coefficient (Wildman–Crippen LogP) is 0.657. The number of aliphatic hydroxyl groups is 1. The molecule has 1 atom stereocenters. The number of hydrogen-bond donors (Lipinski definition) is 3. The zero-order valence-corrected chi connectivity index (χ0v) is 14.8. The van der Waals surface area contributed by atoms with Crippen LogP contribution in [0.3, 0.4) is 0 Å². The van der Waals surface area contributed by atoms with Gasteiger partial charge in [0.25, 0.3) is 0 Å². The van der Waals surface area contributed by atoms with E-state index in [1.807, 2.05) is 31.2 Å². The number of likely N-dealkylation sites (N-methyl/N-ethyl adjacent to an activating group) is 1. The van der Waals surface area contributed by atoms with Crippen molar-refractivity contribution in [2.45, 2.75) is 26.0 Å². The second-order valence-electron chi connectivity index (χ2n) is 6.63. The molecule has 24 heavy (non-hydrogen) atoms.